The molecule has 0 spiro atoms. The van der Waals surface area contributed by atoms with Crippen molar-refractivity contribution in [1.29, 1.82) is 0 Å². The Morgan fingerprint density at radius 2 is 2.00 bits per heavy atom. The van der Waals surface area contributed by atoms with Crippen LogP contribution in [0.3, 0.4) is 0 Å². The van der Waals surface area contributed by atoms with E-state index < -0.39 is 0 Å². The van der Waals surface area contributed by atoms with E-state index in [0.717, 1.165) is 22.8 Å². The van der Waals surface area contributed by atoms with Gasteiger partial charge in [0.2, 0.25) is 0 Å². The summed E-state index contributed by atoms with van der Waals surface area (Å²) in [6.07, 6.45) is 0. The van der Waals surface area contributed by atoms with Gasteiger partial charge in [0.1, 0.15) is 5.82 Å². The number of nitrogens with two attached hydrogens (primary N) is 1. The topological polar surface area (TPSA) is 54.7 Å². The van der Waals surface area contributed by atoms with Crippen LogP contribution in [0.4, 0.5) is 5.69 Å². The summed E-state index contributed by atoms with van der Waals surface area (Å²) in [7, 11) is 0. The Bertz CT molecular complexity index is 463. The van der Waals surface area contributed by atoms with Crippen molar-refractivity contribution < 1.29 is 0 Å². The van der Waals surface area contributed by atoms with Gasteiger partial charge in [-0.15, -0.1) is 0 Å². The lowest BCUT2D eigenvalue weighted by molar-refractivity contribution is 1.22. The molecule has 0 saturated carbocycles. The minimum Gasteiger partial charge on any atom is -0.399 e. The van der Waals surface area contributed by atoms with E-state index in [1.807, 2.05) is 26.0 Å². The maximum atomic E-state index is 5.92. The van der Waals surface area contributed by atoms with Crippen LogP contribution in [0.15, 0.2) is 18.2 Å². The van der Waals surface area contributed by atoms with Gasteiger partial charge in [-0.2, -0.15) is 0 Å². The molecule has 4 heteroatoms. The van der Waals surface area contributed by atoms with E-state index in [0.29, 0.717) is 10.7 Å². The number of nitrogen functional groups attached to an aromatic ring is 1. The van der Waals surface area contributed by atoms with Crippen molar-refractivity contribution in [3.8, 4) is 11.4 Å². The Balaban J connectivity index is 2.53. The van der Waals surface area contributed by atoms with Gasteiger partial charge in [0.25, 0.3) is 0 Å². The number of nitrogens with one attached hydrogen (secondary N) is 1. The summed E-state index contributed by atoms with van der Waals surface area (Å²) in [6, 6.07) is 5.41. The lowest BCUT2D eigenvalue weighted by Gasteiger charge is -2.00. The molecule has 0 unspecified atom stereocenters. The molecule has 78 valence electrons. The summed E-state index contributed by atoms with van der Waals surface area (Å²) < 4.78 is 0. The van der Waals surface area contributed by atoms with E-state index in [2.05, 4.69) is 9.97 Å². The Labute approximate surface area is 93.3 Å². The third kappa shape index (κ3) is 1.97. The number of anilines is 1. The molecule has 0 saturated heterocycles. The van der Waals surface area contributed by atoms with E-state index in [9.17, 15) is 0 Å². The van der Waals surface area contributed by atoms with Crippen molar-refractivity contribution in [2.45, 2.75) is 13.8 Å². The number of aryl methyl sites for hydroxylation is 2. The van der Waals surface area contributed by atoms with Crippen molar-refractivity contribution in [3.63, 3.8) is 0 Å². The van der Waals surface area contributed by atoms with Crippen LogP contribution in [0.1, 0.15) is 11.4 Å². The highest BCUT2D eigenvalue weighted by Crippen LogP contribution is 2.24. The predicted molar refractivity (Wildman–Crippen MR) is 62.9 cm³/mol. The molecule has 0 radical (unpaired) electrons. The van der Waals surface area contributed by atoms with Gasteiger partial charge in [0.15, 0.2) is 0 Å². The Hall–Kier alpha value is -1.48. The fraction of sp³-hybridized carbons (Fsp3) is 0.182. The number of rotatable bonds is 1. The lowest BCUT2D eigenvalue weighted by Crippen LogP contribution is -1.87. The van der Waals surface area contributed by atoms with Crippen molar-refractivity contribution in [3.05, 3.63) is 34.6 Å². The Morgan fingerprint density at radius 3 is 2.53 bits per heavy atom. The largest absolute Gasteiger partial charge is 0.399 e. The molecule has 1 aromatic heterocycles. The van der Waals surface area contributed by atoms with Crippen LogP contribution in [0.2, 0.25) is 5.02 Å². The smallest absolute Gasteiger partial charge is 0.137 e. The number of hydrogen-bond donors (Lipinski definition) is 2. The summed E-state index contributed by atoms with van der Waals surface area (Å²) in [4.78, 5) is 7.58. The number of aromatic nitrogens is 2. The van der Waals surface area contributed by atoms with Gasteiger partial charge >= 0.3 is 0 Å². The highest BCUT2D eigenvalue weighted by molar-refractivity contribution is 6.31. The summed E-state index contributed by atoms with van der Waals surface area (Å²) in [5, 5.41) is 0.622. The molecular formula is C11H12ClN3. The van der Waals surface area contributed by atoms with Gasteiger partial charge in [0.05, 0.1) is 5.69 Å². The highest BCUT2D eigenvalue weighted by atomic mass is 35.5. The van der Waals surface area contributed by atoms with Crippen LogP contribution in [0, 0.1) is 13.8 Å². The molecule has 0 atom stereocenters. The van der Waals surface area contributed by atoms with Crippen molar-refractivity contribution >= 4 is 17.3 Å². The average Bonchev–Trinajstić information content (AvgIpc) is 2.45. The molecule has 0 aliphatic heterocycles. The van der Waals surface area contributed by atoms with E-state index >= 15 is 0 Å². The number of benzene rings is 1. The molecule has 0 bridgehead atoms. The molecule has 0 aliphatic carbocycles. The number of imidazole rings is 1. The standard InChI is InChI=1S/C11H12ClN3/c1-6-7(2)15-11(14-6)8-3-9(12)5-10(13)4-8/h3-5H,13H2,1-2H3,(H,14,15). The van der Waals surface area contributed by atoms with Crippen molar-refractivity contribution in [2.75, 3.05) is 5.73 Å². The minimum atomic E-state index is 0.622. The normalized spacial score (nSPS) is 10.6. The number of aromatic amines is 1. The van der Waals surface area contributed by atoms with Gasteiger partial charge in [-0.1, -0.05) is 11.6 Å². The second-order valence-electron chi connectivity index (χ2n) is 3.57. The first-order chi connectivity index (χ1) is 7.06. The molecule has 2 rings (SSSR count). The van der Waals surface area contributed by atoms with E-state index in [1.54, 1.807) is 6.07 Å². The zero-order valence-corrected chi connectivity index (χ0v) is 9.39. The molecular weight excluding hydrogens is 210 g/mol. The maximum absolute atomic E-state index is 5.92. The summed E-state index contributed by atoms with van der Waals surface area (Å²) in [6.45, 7) is 3.95. The van der Waals surface area contributed by atoms with E-state index in [4.69, 9.17) is 17.3 Å². The number of hydrogen-bond acceptors (Lipinski definition) is 2. The molecule has 0 fully saturated rings. The second kappa shape index (κ2) is 3.59. The summed E-state index contributed by atoms with van der Waals surface area (Å²) >= 11 is 5.92. The molecule has 0 aliphatic rings. The third-order valence-electron chi connectivity index (χ3n) is 2.32. The zero-order chi connectivity index (χ0) is 11.0. The first-order valence-corrected chi connectivity index (χ1v) is 5.03. The second-order valence-corrected chi connectivity index (χ2v) is 4.01. The first-order valence-electron chi connectivity index (χ1n) is 4.66. The first kappa shape index (κ1) is 10.1. The zero-order valence-electron chi connectivity index (χ0n) is 8.63. The predicted octanol–water partition coefficient (Wildman–Crippen LogP) is 2.93. The molecule has 15 heavy (non-hydrogen) atoms. The molecule has 2 aromatic rings. The fourth-order valence-electron chi connectivity index (χ4n) is 1.43. The minimum absolute atomic E-state index is 0.622. The van der Waals surface area contributed by atoms with Gasteiger partial charge in [-0.3, -0.25) is 0 Å². The average molecular weight is 222 g/mol. The molecule has 0 amide bonds. The molecule has 3 nitrogen and oxygen atoms in total. The lowest BCUT2D eigenvalue weighted by atomic mass is 10.2. The van der Waals surface area contributed by atoms with Gasteiger partial charge < -0.3 is 10.7 Å². The quantitative estimate of drug-likeness (QED) is 0.728. The van der Waals surface area contributed by atoms with Crippen LogP contribution < -0.4 is 5.73 Å². The van der Waals surface area contributed by atoms with E-state index in [1.165, 1.54) is 0 Å². The van der Waals surface area contributed by atoms with Crippen molar-refractivity contribution in [2.24, 2.45) is 0 Å². The van der Waals surface area contributed by atoms with Gasteiger partial charge in [-0.25, -0.2) is 4.98 Å². The van der Waals surface area contributed by atoms with Crippen LogP contribution in [0.5, 0.6) is 0 Å². The van der Waals surface area contributed by atoms with Crippen LogP contribution in [-0.2, 0) is 0 Å². The van der Waals surface area contributed by atoms with Gasteiger partial charge in [-0.05, 0) is 32.0 Å². The SMILES string of the molecule is Cc1nc(-c2cc(N)cc(Cl)c2)[nH]c1C. The monoisotopic (exact) mass is 221 g/mol. The number of H-pyrrole nitrogens is 1. The van der Waals surface area contributed by atoms with Crippen molar-refractivity contribution in [1.82, 2.24) is 9.97 Å². The molecule has 1 heterocycles. The summed E-state index contributed by atoms with van der Waals surface area (Å²) in [5.74, 6) is 0.805. The van der Waals surface area contributed by atoms with Crippen LogP contribution in [0.25, 0.3) is 11.4 Å². The fourth-order valence-corrected chi connectivity index (χ4v) is 1.68. The van der Waals surface area contributed by atoms with Crippen LogP contribution >= 0.6 is 11.6 Å². The van der Waals surface area contributed by atoms with E-state index in [-0.39, 0.29) is 0 Å². The highest BCUT2D eigenvalue weighted by Gasteiger charge is 2.06. The molecule has 1 aromatic carbocycles. The Kier molecular flexibility index (Phi) is 2.40. The van der Waals surface area contributed by atoms with Crippen LogP contribution in [-0.4, -0.2) is 9.97 Å². The third-order valence-corrected chi connectivity index (χ3v) is 2.54. The van der Waals surface area contributed by atoms with Gasteiger partial charge in [0, 0.05) is 22.0 Å². The molecule has 3 N–H and O–H groups in total. The Morgan fingerprint density at radius 1 is 1.27 bits per heavy atom. The number of halogens is 1. The summed E-state index contributed by atoms with van der Waals surface area (Å²) in [5.41, 5.74) is 9.32. The maximum Gasteiger partial charge on any atom is 0.137 e. The number of nitrogens with zero attached hydrogens (tertiary/aromatic N) is 1.